The van der Waals surface area contributed by atoms with Gasteiger partial charge in [-0.05, 0) is 0 Å². The second kappa shape index (κ2) is 3.68. The van der Waals surface area contributed by atoms with Gasteiger partial charge in [0.2, 0.25) is 5.69 Å². The number of halogens is 5. The molecule has 0 saturated carbocycles. The Kier molecular flexibility index (Phi) is 2.93. The molecule has 1 rings (SSSR count). The lowest BCUT2D eigenvalue weighted by molar-refractivity contribution is -0.137. The second-order valence-corrected chi connectivity index (χ2v) is 3.15. The van der Waals surface area contributed by atoms with Gasteiger partial charge in [-0.3, -0.25) is 0 Å². The molecule has 0 unspecified atom stereocenters. The quantitative estimate of drug-likeness (QED) is 0.585. The number of nitrogens with zero attached hydrogens (tertiary/aromatic N) is 1. The van der Waals surface area contributed by atoms with Crippen molar-refractivity contribution < 1.29 is 13.2 Å². The fourth-order valence-electron chi connectivity index (χ4n) is 0.888. The lowest BCUT2D eigenvalue weighted by atomic mass is 10.2. The van der Waals surface area contributed by atoms with Crippen LogP contribution in [0, 0.1) is 6.57 Å². The predicted octanol–water partition coefficient (Wildman–Crippen LogP) is 4.56. The van der Waals surface area contributed by atoms with E-state index in [1.165, 1.54) is 0 Å². The monoisotopic (exact) mass is 239 g/mol. The number of hydrogen-bond donors (Lipinski definition) is 0. The molecular formula is C8H2Cl2F3N. The van der Waals surface area contributed by atoms with Crippen LogP contribution in [0.4, 0.5) is 18.9 Å². The topological polar surface area (TPSA) is 4.36 Å². The smallest absolute Gasteiger partial charge is 0.237 e. The zero-order valence-corrected chi connectivity index (χ0v) is 8.00. The van der Waals surface area contributed by atoms with Gasteiger partial charge in [-0.2, -0.15) is 13.2 Å². The summed E-state index contributed by atoms with van der Waals surface area (Å²) in [6, 6.07) is 2.15. The van der Waals surface area contributed by atoms with Crippen molar-refractivity contribution in [2.24, 2.45) is 0 Å². The summed E-state index contributed by atoms with van der Waals surface area (Å²) < 4.78 is 37.1. The first-order valence-electron chi connectivity index (χ1n) is 3.30. The summed E-state index contributed by atoms with van der Waals surface area (Å²) in [7, 11) is 0. The molecule has 0 atom stereocenters. The molecule has 1 aromatic carbocycles. The van der Waals surface area contributed by atoms with Gasteiger partial charge in [0.25, 0.3) is 0 Å². The lowest BCUT2D eigenvalue weighted by Crippen LogP contribution is -2.06. The molecule has 0 heterocycles. The molecule has 6 heteroatoms. The Hall–Kier alpha value is -0.920. The molecule has 0 radical (unpaired) electrons. The van der Waals surface area contributed by atoms with Crippen LogP contribution in [0.15, 0.2) is 12.1 Å². The highest BCUT2D eigenvalue weighted by molar-refractivity contribution is 6.37. The molecule has 0 N–H and O–H groups in total. The molecular weight excluding hydrogens is 238 g/mol. The zero-order valence-electron chi connectivity index (χ0n) is 6.49. The van der Waals surface area contributed by atoms with Crippen LogP contribution in [0.3, 0.4) is 0 Å². The second-order valence-electron chi connectivity index (χ2n) is 2.37. The van der Waals surface area contributed by atoms with Crippen molar-refractivity contribution in [1.29, 1.82) is 0 Å². The summed E-state index contributed by atoms with van der Waals surface area (Å²) >= 11 is 10.7. The van der Waals surface area contributed by atoms with Crippen LogP contribution in [-0.2, 0) is 6.18 Å². The first-order valence-corrected chi connectivity index (χ1v) is 4.06. The van der Waals surface area contributed by atoms with E-state index < -0.39 is 21.8 Å². The van der Waals surface area contributed by atoms with Gasteiger partial charge >= 0.3 is 6.18 Å². The fourth-order valence-corrected chi connectivity index (χ4v) is 1.51. The minimum Gasteiger partial charge on any atom is -0.237 e. The van der Waals surface area contributed by atoms with Gasteiger partial charge in [0, 0.05) is 0 Å². The third-order valence-electron chi connectivity index (χ3n) is 1.47. The van der Waals surface area contributed by atoms with Gasteiger partial charge in [-0.1, -0.05) is 35.3 Å². The molecule has 0 fully saturated rings. The van der Waals surface area contributed by atoms with E-state index in [0.717, 1.165) is 12.1 Å². The maximum absolute atomic E-state index is 12.4. The van der Waals surface area contributed by atoms with E-state index in [2.05, 4.69) is 4.85 Å². The van der Waals surface area contributed by atoms with Gasteiger partial charge in [0.05, 0.1) is 22.2 Å². The highest BCUT2D eigenvalue weighted by atomic mass is 35.5. The predicted molar refractivity (Wildman–Crippen MR) is 47.7 cm³/mol. The normalized spacial score (nSPS) is 11.1. The maximum atomic E-state index is 12.4. The Morgan fingerprint density at radius 1 is 1.21 bits per heavy atom. The van der Waals surface area contributed by atoms with Crippen LogP contribution >= 0.6 is 23.2 Å². The van der Waals surface area contributed by atoms with E-state index in [4.69, 9.17) is 29.8 Å². The summed E-state index contributed by atoms with van der Waals surface area (Å²) in [6.07, 6.45) is -4.64. The first kappa shape index (κ1) is 11.2. The van der Waals surface area contributed by atoms with Gasteiger partial charge in [0.15, 0.2) is 0 Å². The molecule has 0 aliphatic carbocycles. The highest BCUT2D eigenvalue weighted by Gasteiger charge is 2.36. The fraction of sp³-hybridized carbons (Fsp3) is 0.125. The number of hydrogen-bond acceptors (Lipinski definition) is 0. The number of rotatable bonds is 0. The lowest BCUT2D eigenvalue weighted by Gasteiger charge is -2.11. The van der Waals surface area contributed by atoms with Gasteiger partial charge in [-0.15, -0.1) is 0 Å². The van der Waals surface area contributed by atoms with E-state index >= 15 is 0 Å². The average molecular weight is 240 g/mol. The van der Waals surface area contributed by atoms with Crippen molar-refractivity contribution in [3.05, 3.63) is 39.2 Å². The van der Waals surface area contributed by atoms with Crippen molar-refractivity contribution in [2.75, 3.05) is 0 Å². The Labute approximate surface area is 87.9 Å². The Morgan fingerprint density at radius 3 is 2.21 bits per heavy atom. The molecule has 0 aliphatic heterocycles. The van der Waals surface area contributed by atoms with E-state index in [9.17, 15) is 13.2 Å². The molecule has 0 saturated heterocycles. The molecule has 1 nitrogen and oxygen atoms in total. The van der Waals surface area contributed by atoms with E-state index in [1.807, 2.05) is 0 Å². The van der Waals surface area contributed by atoms with Crippen molar-refractivity contribution in [3.8, 4) is 0 Å². The van der Waals surface area contributed by atoms with Gasteiger partial charge in [-0.25, -0.2) is 4.85 Å². The summed E-state index contributed by atoms with van der Waals surface area (Å²) in [5.41, 5.74) is -1.42. The SMILES string of the molecule is [C-]#[N+]c1ccc(Cl)c(C(F)(F)F)c1Cl. The van der Waals surface area contributed by atoms with E-state index in [1.54, 1.807) is 0 Å². The van der Waals surface area contributed by atoms with Crippen molar-refractivity contribution in [3.63, 3.8) is 0 Å². The minimum atomic E-state index is -4.64. The third kappa shape index (κ3) is 1.94. The molecule has 1 aromatic rings. The van der Waals surface area contributed by atoms with Crippen LogP contribution < -0.4 is 0 Å². The zero-order chi connectivity index (χ0) is 10.9. The van der Waals surface area contributed by atoms with Crippen molar-refractivity contribution >= 4 is 28.9 Å². The Balaban J connectivity index is 3.50. The molecule has 0 bridgehead atoms. The summed E-state index contributed by atoms with van der Waals surface area (Å²) in [6.45, 7) is 6.59. The highest BCUT2D eigenvalue weighted by Crippen LogP contribution is 2.43. The molecule has 0 amide bonds. The van der Waals surface area contributed by atoms with Gasteiger partial charge < -0.3 is 0 Å². The Morgan fingerprint density at radius 2 is 1.79 bits per heavy atom. The van der Waals surface area contributed by atoms with Crippen LogP contribution in [0.2, 0.25) is 10.0 Å². The Bertz CT molecular complexity index is 406. The molecule has 0 aliphatic rings. The molecule has 0 aromatic heterocycles. The molecule has 0 spiro atoms. The molecule has 74 valence electrons. The largest absolute Gasteiger partial charge is 0.418 e. The summed E-state index contributed by atoms with van der Waals surface area (Å²) in [5.74, 6) is 0. The summed E-state index contributed by atoms with van der Waals surface area (Å²) in [5, 5.41) is -1.16. The van der Waals surface area contributed by atoms with E-state index in [-0.39, 0.29) is 5.69 Å². The number of benzene rings is 1. The van der Waals surface area contributed by atoms with Crippen molar-refractivity contribution in [2.45, 2.75) is 6.18 Å². The van der Waals surface area contributed by atoms with Crippen LogP contribution in [0.25, 0.3) is 4.85 Å². The average Bonchev–Trinajstić information content (AvgIpc) is 2.02. The van der Waals surface area contributed by atoms with E-state index in [0.29, 0.717) is 0 Å². The van der Waals surface area contributed by atoms with Crippen molar-refractivity contribution in [1.82, 2.24) is 0 Å². The standard InChI is InChI=1S/C8H2Cl2F3N/c1-14-5-3-2-4(9)6(7(5)10)8(11,12)13/h2-3H. The maximum Gasteiger partial charge on any atom is 0.418 e. The minimum absolute atomic E-state index is 0.261. The van der Waals surface area contributed by atoms with Crippen LogP contribution in [0.5, 0.6) is 0 Å². The van der Waals surface area contributed by atoms with Gasteiger partial charge in [0.1, 0.15) is 0 Å². The molecule has 14 heavy (non-hydrogen) atoms. The van der Waals surface area contributed by atoms with Crippen LogP contribution in [-0.4, -0.2) is 0 Å². The number of alkyl halides is 3. The first-order chi connectivity index (χ1) is 6.38. The van der Waals surface area contributed by atoms with Crippen LogP contribution in [0.1, 0.15) is 5.56 Å². The third-order valence-corrected chi connectivity index (χ3v) is 2.17. The summed E-state index contributed by atoms with van der Waals surface area (Å²) in [4.78, 5) is 2.84.